The molecule has 0 aromatic rings. The fourth-order valence-electron chi connectivity index (χ4n) is 2.21. The first kappa shape index (κ1) is 12.7. The third-order valence-electron chi connectivity index (χ3n) is 3.35. The fraction of sp³-hybridized carbons (Fsp3) is 0.846. The van der Waals surface area contributed by atoms with Gasteiger partial charge in [-0.2, -0.15) is 0 Å². The Hall–Kier alpha value is -0.340. The van der Waals surface area contributed by atoms with Crippen molar-refractivity contribution in [3.8, 4) is 0 Å². The van der Waals surface area contributed by atoms with Crippen LogP contribution in [0.25, 0.3) is 0 Å². The van der Waals surface area contributed by atoms with Gasteiger partial charge in [-0.1, -0.05) is 25.5 Å². The van der Waals surface area contributed by atoms with Gasteiger partial charge in [-0.3, -0.25) is 0 Å². The van der Waals surface area contributed by atoms with E-state index in [0.717, 1.165) is 25.3 Å². The summed E-state index contributed by atoms with van der Waals surface area (Å²) < 4.78 is 0. The molecule has 0 aromatic heterocycles. The lowest BCUT2D eigenvalue weighted by molar-refractivity contribution is 0.158. The summed E-state index contributed by atoms with van der Waals surface area (Å²) in [5, 5.41) is 12.9. The predicted octanol–water partition coefficient (Wildman–Crippen LogP) is 2.48. The molecule has 0 spiro atoms. The number of hydrogen-bond donors (Lipinski definition) is 2. The predicted molar refractivity (Wildman–Crippen MR) is 64.9 cm³/mol. The van der Waals surface area contributed by atoms with Crippen molar-refractivity contribution in [2.45, 2.75) is 51.5 Å². The Morgan fingerprint density at radius 2 is 2.27 bits per heavy atom. The minimum absolute atomic E-state index is 0.0735. The molecule has 0 unspecified atom stereocenters. The van der Waals surface area contributed by atoms with Crippen LogP contribution in [-0.4, -0.2) is 23.8 Å². The largest absolute Gasteiger partial charge is 0.394 e. The van der Waals surface area contributed by atoms with E-state index < -0.39 is 0 Å². The van der Waals surface area contributed by atoms with Crippen molar-refractivity contribution in [1.29, 1.82) is 0 Å². The van der Waals surface area contributed by atoms with E-state index >= 15 is 0 Å². The van der Waals surface area contributed by atoms with Gasteiger partial charge in [-0.25, -0.2) is 0 Å². The van der Waals surface area contributed by atoms with Crippen molar-refractivity contribution in [3.05, 3.63) is 12.2 Å². The van der Waals surface area contributed by atoms with E-state index in [4.69, 9.17) is 0 Å². The summed E-state index contributed by atoms with van der Waals surface area (Å²) in [7, 11) is 0. The number of aliphatic hydroxyl groups is 1. The summed E-state index contributed by atoms with van der Waals surface area (Å²) in [6.45, 7) is 5.57. The molecule has 0 saturated heterocycles. The van der Waals surface area contributed by atoms with E-state index in [1.54, 1.807) is 0 Å². The van der Waals surface area contributed by atoms with E-state index in [9.17, 15) is 5.11 Å². The van der Waals surface area contributed by atoms with Crippen molar-refractivity contribution in [2.24, 2.45) is 5.92 Å². The second kappa shape index (κ2) is 6.29. The summed E-state index contributed by atoms with van der Waals surface area (Å²) in [5.41, 5.74) is -0.0735. The molecule has 0 amide bonds. The average molecular weight is 211 g/mol. The molecule has 0 fully saturated rings. The molecule has 0 heterocycles. The summed E-state index contributed by atoms with van der Waals surface area (Å²) in [6, 6.07) is 0. The van der Waals surface area contributed by atoms with Crippen molar-refractivity contribution in [2.75, 3.05) is 13.2 Å². The Labute approximate surface area is 93.8 Å². The second-order valence-electron chi connectivity index (χ2n) is 5.00. The van der Waals surface area contributed by atoms with Crippen molar-refractivity contribution < 1.29 is 5.11 Å². The number of aliphatic hydroxyl groups excluding tert-OH is 1. The Bertz CT molecular complexity index is 203. The van der Waals surface area contributed by atoms with Crippen LogP contribution in [0.1, 0.15) is 46.0 Å². The van der Waals surface area contributed by atoms with Crippen LogP contribution in [0.4, 0.5) is 0 Å². The lowest BCUT2D eigenvalue weighted by Crippen LogP contribution is -2.47. The molecule has 0 aliphatic heterocycles. The smallest absolute Gasteiger partial charge is 0.0610 e. The molecule has 2 heteroatoms. The quantitative estimate of drug-likeness (QED) is 0.662. The molecule has 2 nitrogen and oxygen atoms in total. The topological polar surface area (TPSA) is 32.3 Å². The van der Waals surface area contributed by atoms with Gasteiger partial charge in [-0.05, 0) is 45.1 Å². The highest BCUT2D eigenvalue weighted by molar-refractivity contribution is 4.92. The molecule has 0 bridgehead atoms. The van der Waals surface area contributed by atoms with Gasteiger partial charge in [0, 0.05) is 5.54 Å². The molecule has 2 N–H and O–H groups in total. The van der Waals surface area contributed by atoms with Crippen LogP contribution in [0.2, 0.25) is 0 Å². The van der Waals surface area contributed by atoms with Gasteiger partial charge < -0.3 is 10.4 Å². The van der Waals surface area contributed by atoms with Crippen LogP contribution < -0.4 is 5.32 Å². The van der Waals surface area contributed by atoms with Gasteiger partial charge in [0.25, 0.3) is 0 Å². The van der Waals surface area contributed by atoms with Crippen LogP contribution >= 0.6 is 0 Å². The maximum Gasteiger partial charge on any atom is 0.0610 e. The minimum Gasteiger partial charge on any atom is -0.394 e. The highest BCUT2D eigenvalue weighted by atomic mass is 16.3. The number of hydrogen-bond acceptors (Lipinski definition) is 2. The Morgan fingerprint density at radius 1 is 1.47 bits per heavy atom. The highest BCUT2D eigenvalue weighted by Gasteiger charge is 2.22. The van der Waals surface area contributed by atoms with Gasteiger partial charge >= 0.3 is 0 Å². The Kier molecular flexibility index (Phi) is 5.34. The SMILES string of the molecule is CCC[C@@](C)(CO)NC[C@@H]1CC=CCC1. The zero-order chi connectivity index (χ0) is 11.1. The normalized spacial score (nSPS) is 25.1. The van der Waals surface area contributed by atoms with Crippen LogP contribution in [0.15, 0.2) is 12.2 Å². The molecule has 0 radical (unpaired) electrons. The first-order valence-corrected chi connectivity index (χ1v) is 6.21. The summed E-state index contributed by atoms with van der Waals surface area (Å²) in [6.07, 6.45) is 10.4. The number of allylic oxidation sites excluding steroid dienone is 2. The molecule has 0 saturated carbocycles. The lowest BCUT2D eigenvalue weighted by Gasteiger charge is -2.31. The van der Waals surface area contributed by atoms with E-state index in [-0.39, 0.29) is 12.1 Å². The Balaban J connectivity index is 2.29. The van der Waals surface area contributed by atoms with E-state index in [1.165, 1.54) is 19.3 Å². The molecular formula is C13H25NO. The first-order chi connectivity index (χ1) is 7.20. The van der Waals surface area contributed by atoms with Crippen molar-refractivity contribution >= 4 is 0 Å². The van der Waals surface area contributed by atoms with Gasteiger partial charge in [0.1, 0.15) is 0 Å². The lowest BCUT2D eigenvalue weighted by atomic mass is 9.91. The second-order valence-corrected chi connectivity index (χ2v) is 5.00. The minimum atomic E-state index is -0.0735. The molecule has 1 aliphatic carbocycles. The van der Waals surface area contributed by atoms with Crippen molar-refractivity contribution in [1.82, 2.24) is 5.32 Å². The molecule has 88 valence electrons. The van der Waals surface area contributed by atoms with Gasteiger partial charge in [0.05, 0.1) is 6.61 Å². The molecular weight excluding hydrogens is 186 g/mol. The third-order valence-corrected chi connectivity index (χ3v) is 3.35. The maximum atomic E-state index is 9.37. The molecule has 1 aliphatic rings. The van der Waals surface area contributed by atoms with Crippen LogP contribution in [-0.2, 0) is 0 Å². The average Bonchev–Trinajstić information content (AvgIpc) is 2.28. The zero-order valence-electron chi connectivity index (χ0n) is 10.1. The molecule has 2 atom stereocenters. The van der Waals surface area contributed by atoms with E-state index in [0.29, 0.717) is 0 Å². The van der Waals surface area contributed by atoms with Crippen LogP contribution in [0, 0.1) is 5.92 Å². The summed E-state index contributed by atoms with van der Waals surface area (Å²) >= 11 is 0. The van der Waals surface area contributed by atoms with Crippen LogP contribution in [0.5, 0.6) is 0 Å². The van der Waals surface area contributed by atoms with Crippen LogP contribution in [0.3, 0.4) is 0 Å². The summed E-state index contributed by atoms with van der Waals surface area (Å²) in [5.74, 6) is 0.762. The van der Waals surface area contributed by atoms with Gasteiger partial charge in [0.15, 0.2) is 0 Å². The summed E-state index contributed by atoms with van der Waals surface area (Å²) in [4.78, 5) is 0. The zero-order valence-corrected chi connectivity index (χ0v) is 10.1. The Morgan fingerprint density at radius 3 is 2.80 bits per heavy atom. The fourth-order valence-corrected chi connectivity index (χ4v) is 2.21. The molecule has 0 aromatic carbocycles. The van der Waals surface area contributed by atoms with Crippen molar-refractivity contribution in [3.63, 3.8) is 0 Å². The number of nitrogens with one attached hydrogen (secondary N) is 1. The highest BCUT2D eigenvalue weighted by Crippen LogP contribution is 2.19. The maximum absolute atomic E-state index is 9.37. The first-order valence-electron chi connectivity index (χ1n) is 6.21. The monoisotopic (exact) mass is 211 g/mol. The molecule has 1 rings (SSSR count). The number of rotatable bonds is 6. The molecule has 15 heavy (non-hydrogen) atoms. The standard InChI is InChI=1S/C13H25NO/c1-3-9-13(2,11-15)14-10-12-7-5-4-6-8-12/h4-5,12,14-15H,3,6-11H2,1-2H3/t12-,13+/m1/s1. The van der Waals surface area contributed by atoms with E-state index in [2.05, 4.69) is 31.3 Å². The van der Waals surface area contributed by atoms with Gasteiger partial charge in [-0.15, -0.1) is 0 Å². The van der Waals surface area contributed by atoms with E-state index in [1.807, 2.05) is 0 Å². The van der Waals surface area contributed by atoms with Gasteiger partial charge in [0.2, 0.25) is 0 Å². The third kappa shape index (κ3) is 4.35.